The zero-order valence-electron chi connectivity index (χ0n) is 20.4. The molecule has 180 valence electrons. The van der Waals surface area contributed by atoms with Crippen molar-refractivity contribution in [3.05, 3.63) is 17.7 Å². The second-order valence-corrected chi connectivity index (χ2v) is 9.01. The van der Waals surface area contributed by atoms with Gasteiger partial charge in [-0.15, -0.1) is 5.06 Å². The van der Waals surface area contributed by atoms with E-state index in [9.17, 15) is 9.59 Å². The highest BCUT2D eigenvalue weighted by Gasteiger charge is 2.30. The molecule has 0 atom stereocenters. The van der Waals surface area contributed by atoms with Crippen molar-refractivity contribution < 1.29 is 23.9 Å². The molecule has 1 aliphatic heterocycles. The number of aryl methyl sites for hydroxylation is 2. The fraction of sp³-hybridized carbons (Fsp3) is 0.727. The van der Waals surface area contributed by atoms with E-state index in [1.54, 1.807) is 53.7 Å². The van der Waals surface area contributed by atoms with E-state index in [0.717, 1.165) is 37.5 Å². The van der Waals surface area contributed by atoms with Crippen LogP contribution >= 0.6 is 0 Å². The van der Waals surface area contributed by atoms with Gasteiger partial charge in [0.1, 0.15) is 17.6 Å². The van der Waals surface area contributed by atoms with Crippen LogP contribution < -0.4 is 5.06 Å². The van der Waals surface area contributed by atoms with Crippen molar-refractivity contribution >= 4 is 17.7 Å². The van der Waals surface area contributed by atoms with E-state index in [1.807, 2.05) is 0 Å². The van der Waals surface area contributed by atoms with Crippen molar-refractivity contribution in [1.82, 2.24) is 19.8 Å². The van der Waals surface area contributed by atoms with E-state index in [4.69, 9.17) is 14.3 Å². The molecule has 1 aliphatic rings. The highest BCUT2D eigenvalue weighted by atomic mass is 16.7. The molecular formula is C22H37N5O5. The van der Waals surface area contributed by atoms with Gasteiger partial charge in [0, 0.05) is 39.8 Å². The first-order chi connectivity index (χ1) is 15.0. The number of aromatic nitrogens is 2. The summed E-state index contributed by atoms with van der Waals surface area (Å²) in [6.45, 7) is 11.9. The van der Waals surface area contributed by atoms with Gasteiger partial charge >= 0.3 is 6.09 Å². The number of hydrogen-bond acceptors (Lipinski definition) is 8. The standard InChI is InChI=1S/C22H37N5O5/c1-16-20(17(2)24-15-23-16)27(21(29)32-22(3,4)5)31-14-19(28)25(6)18-8-10-26(11-9-18)12-13-30-7/h15,18H,8-14H2,1-7H3. The third-order valence-corrected chi connectivity index (χ3v) is 5.38. The van der Waals surface area contributed by atoms with Gasteiger partial charge in [-0.05, 0) is 47.5 Å². The Kier molecular flexibility index (Phi) is 9.35. The highest BCUT2D eigenvalue weighted by molar-refractivity contribution is 5.87. The monoisotopic (exact) mass is 451 g/mol. The molecule has 0 bridgehead atoms. The molecule has 0 aromatic carbocycles. The topological polar surface area (TPSA) is 97.3 Å². The minimum atomic E-state index is -0.728. The molecule has 1 saturated heterocycles. The molecule has 1 aromatic heterocycles. The van der Waals surface area contributed by atoms with E-state index in [1.165, 1.54) is 6.33 Å². The van der Waals surface area contributed by atoms with Gasteiger partial charge in [-0.1, -0.05) is 0 Å². The number of anilines is 1. The predicted molar refractivity (Wildman–Crippen MR) is 120 cm³/mol. The van der Waals surface area contributed by atoms with E-state index in [2.05, 4.69) is 14.9 Å². The van der Waals surface area contributed by atoms with Crippen LogP contribution in [0.4, 0.5) is 10.5 Å². The molecule has 1 fully saturated rings. The lowest BCUT2D eigenvalue weighted by atomic mass is 10.0. The average Bonchev–Trinajstić information content (AvgIpc) is 2.72. The Hall–Kier alpha value is -2.30. The number of hydroxylamine groups is 1. The maximum absolute atomic E-state index is 12.9. The van der Waals surface area contributed by atoms with Crippen LogP contribution in [0.1, 0.15) is 45.0 Å². The number of hydrogen-bond donors (Lipinski definition) is 0. The number of ether oxygens (including phenoxy) is 2. The van der Waals surface area contributed by atoms with Gasteiger partial charge in [-0.3, -0.25) is 9.63 Å². The number of carbonyl (C=O) groups excluding carboxylic acids is 2. The zero-order valence-corrected chi connectivity index (χ0v) is 20.4. The molecule has 0 radical (unpaired) electrons. The van der Waals surface area contributed by atoms with Crippen LogP contribution in [0.3, 0.4) is 0 Å². The summed E-state index contributed by atoms with van der Waals surface area (Å²) < 4.78 is 10.6. The Morgan fingerprint density at radius 1 is 1.16 bits per heavy atom. The van der Waals surface area contributed by atoms with Gasteiger partial charge in [0.2, 0.25) is 0 Å². The summed E-state index contributed by atoms with van der Waals surface area (Å²) in [7, 11) is 3.48. The first kappa shape index (κ1) is 26.0. The number of nitrogens with zero attached hydrogens (tertiary/aromatic N) is 5. The third kappa shape index (κ3) is 7.39. The lowest BCUT2D eigenvalue weighted by molar-refractivity contribution is -0.138. The largest absolute Gasteiger partial charge is 0.442 e. The number of likely N-dealkylation sites (tertiary alicyclic amines) is 1. The van der Waals surface area contributed by atoms with Crippen LogP contribution in [0, 0.1) is 13.8 Å². The second kappa shape index (κ2) is 11.5. The van der Waals surface area contributed by atoms with Gasteiger partial charge in [-0.25, -0.2) is 14.8 Å². The maximum Gasteiger partial charge on any atom is 0.439 e. The summed E-state index contributed by atoms with van der Waals surface area (Å²) in [5.74, 6) is -0.207. The second-order valence-electron chi connectivity index (χ2n) is 9.01. The number of rotatable bonds is 8. The molecule has 0 aliphatic carbocycles. The van der Waals surface area contributed by atoms with E-state index >= 15 is 0 Å². The molecule has 0 spiro atoms. The highest BCUT2D eigenvalue weighted by Crippen LogP contribution is 2.24. The fourth-order valence-corrected chi connectivity index (χ4v) is 3.57. The van der Waals surface area contributed by atoms with Crippen LogP contribution in [-0.2, 0) is 19.1 Å². The lowest BCUT2D eigenvalue weighted by Gasteiger charge is -2.36. The molecule has 32 heavy (non-hydrogen) atoms. The number of piperidine rings is 1. The fourth-order valence-electron chi connectivity index (χ4n) is 3.57. The van der Waals surface area contributed by atoms with E-state index < -0.39 is 11.7 Å². The van der Waals surface area contributed by atoms with Crippen molar-refractivity contribution in [3.63, 3.8) is 0 Å². The summed E-state index contributed by atoms with van der Waals surface area (Å²) in [4.78, 5) is 43.8. The SMILES string of the molecule is COCCN1CCC(N(C)C(=O)CON(C(=O)OC(C)(C)C)c2c(C)ncnc2C)CC1. The predicted octanol–water partition coefficient (Wildman–Crippen LogP) is 2.34. The third-order valence-electron chi connectivity index (χ3n) is 5.38. The van der Waals surface area contributed by atoms with Crippen molar-refractivity contribution in [1.29, 1.82) is 0 Å². The molecule has 0 N–H and O–H groups in total. The summed E-state index contributed by atoms with van der Waals surface area (Å²) in [5.41, 5.74) is 0.747. The van der Waals surface area contributed by atoms with Crippen molar-refractivity contribution in [3.8, 4) is 0 Å². The minimum Gasteiger partial charge on any atom is -0.442 e. The Balaban J connectivity index is 2.04. The van der Waals surface area contributed by atoms with Gasteiger partial charge in [0.05, 0.1) is 18.0 Å². The maximum atomic E-state index is 12.9. The smallest absolute Gasteiger partial charge is 0.439 e. The Morgan fingerprint density at radius 3 is 2.28 bits per heavy atom. The lowest BCUT2D eigenvalue weighted by Crippen LogP contribution is -2.48. The zero-order chi connectivity index (χ0) is 23.9. The van der Waals surface area contributed by atoms with Crippen LogP contribution in [0.5, 0.6) is 0 Å². The molecule has 0 saturated carbocycles. The summed E-state index contributed by atoms with van der Waals surface area (Å²) in [6, 6.07) is 0.128. The number of carbonyl (C=O) groups is 2. The van der Waals surface area contributed by atoms with Crippen LogP contribution in [0.2, 0.25) is 0 Å². The van der Waals surface area contributed by atoms with Gasteiger partial charge in [0.25, 0.3) is 5.91 Å². The van der Waals surface area contributed by atoms with Crippen molar-refractivity contribution in [2.75, 3.05) is 52.1 Å². The van der Waals surface area contributed by atoms with Crippen molar-refractivity contribution in [2.45, 2.75) is 59.1 Å². The van der Waals surface area contributed by atoms with Crippen LogP contribution in [0.25, 0.3) is 0 Å². The van der Waals surface area contributed by atoms with Crippen LogP contribution in [0.15, 0.2) is 6.33 Å². The van der Waals surface area contributed by atoms with Gasteiger partial charge < -0.3 is 19.3 Å². The van der Waals surface area contributed by atoms with E-state index in [-0.39, 0.29) is 18.6 Å². The summed E-state index contributed by atoms with van der Waals surface area (Å²) >= 11 is 0. The quantitative estimate of drug-likeness (QED) is 0.556. The molecule has 10 nitrogen and oxygen atoms in total. The molecule has 1 aromatic rings. The normalized spacial score (nSPS) is 15.5. The average molecular weight is 452 g/mol. The molecule has 2 heterocycles. The molecule has 0 unspecified atom stereocenters. The summed E-state index contributed by atoms with van der Waals surface area (Å²) in [5, 5.41) is 0.995. The van der Waals surface area contributed by atoms with Gasteiger partial charge in [-0.2, -0.15) is 0 Å². The molecule has 10 heteroatoms. The first-order valence-electron chi connectivity index (χ1n) is 10.9. The molecular weight excluding hydrogens is 414 g/mol. The first-order valence-corrected chi connectivity index (χ1v) is 10.9. The number of methoxy groups -OCH3 is 1. The molecule has 2 rings (SSSR count). The Labute approximate surface area is 190 Å². The minimum absolute atomic E-state index is 0.128. The molecule has 2 amide bonds. The van der Waals surface area contributed by atoms with Crippen molar-refractivity contribution in [2.24, 2.45) is 0 Å². The number of amides is 2. The van der Waals surface area contributed by atoms with Gasteiger partial charge in [0.15, 0.2) is 6.61 Å². The Bertz CT molecular complexity index is 754. The van der Waals surface area contributed by atoms with E-state index in [0.29, 0.717) is 23.7 Å². The van der Waals surface area contributed by atoms with Crippen LogP contribution in [-0.4, -0.2) is 90.4 Å². The summed E-state index contributed by atoms with van der Waals surface area (Å²) in [6.07, 6.45) is 2.46. The Morgan fingerprint density at radius 2 is 1.75 bits per heavy atom. The number of likely N-dealkylation sites (N-methyl/N-ethyl adjacent to an activating group) is 1.